The molecule has 0 atom stereocenters. The average molecular weight is 231 g/mol. The number of rotatable bonds is 3. The summed E-state index contributed by atoms with van der Waals surface area (Å²) in [5.41, 5.74) is 7.22. The summed E-state index contributed by atoms with van der Waals surface area (Å²) in [6.45, 7) is 0. The first kappa shape index (κ1) is 10.1. The van der Waals surface area contributed by atoms with Crippen molar-refractivity contribution in [3.05, 3.63) is 24.1 Å². The summed E-state index contributed by atoms with van der Waals surface area (Å²) in [6, 6.07) is 5.44. The van der Waals surface area contributed by atoms with Crippen LogP contribution in [0.3, 0.4) is 0 Å². The molecule has 1 aliphatic carbocycles. The van der Waals surface area contributed by atoms with Gasteiger partial charge in [0, 0.05) is 11.5 Å². The van der Waals surface area contributed by atoms with Crippen molar-refractivity contribution in [3.8, 4) is 17.2 Å². The first-order valence-electron chi connectivity index (χ1n) is 5.55. The third kappa shape index (κ3) is 1.84. The van der Waals surface area contributed by atoms with Gasteiger partial charge in [0.2, 0.25) is 11.8 Å². The summed E-state index contributed by atoms with van der Waals surface area (Å²) in [5.74, 6) is 2.36. The molecular formula is C12H13N3O2. The second-order valence-electron chi connectivity index (χ2n) is 4.18. The fourth-order valence-electron chi connectivity index (χ4n) is 1.71. The first-order valence-corrected chi connectivity index (χ1v) is 5.55. The van der Waals surface area contributed by atoms with Crippen LogP contribution in [0.1, 0.15) is 24.7 Å². The van der Waals surface area contributed by atoms with Crippen molar-refractivity contribution < 1.29 is 9.15 Å². The normalized spacial score (nSPS) is 14.9. The molecule has 0 radical (unpaired) electrons. The molecule has 0 spiro atoms. The Morgan fingerprint density at radius 2 is 2.18 bits per heavy atom. The Kier molecular flexibility index (Phi) is 2.24. The number of methoxy groups -OCH3 is 1. The fourth-order valence-corrected chi connectivity index (χ4v) is 1.71. The summed E-state index contributed by atoms with van der Waals surface area (Å²) in [7, 11) is 1.59. The van der Waals surface area contributed by atoms with E-state index >= 15 is 0 Å². The van der Waals surface area contributed by atoms with E-state index in [1.165, 1.54) is 0 Å². The number of hydrogen-bond donors (Lipinski definition) is 1. The second kappa shape index (κ2) is 3.76. The van der Waals surface area contributed by atoms with Gasteiger partial charge in [0.15, 0.2) is 0 Å². The lowest BCUT2D eigenvalue weighted by molar-refractivity contribution is 0.417. The maximum Gasteiger partial charge on any atom is 0.247 e. The minimum atomic E-state index is 0.465. The molecule has 0 bridgehead atoms. The number of nitrogens with zero attached hydrogens (tertiary/aromatic N) is 2. The molecule has 1 aromatic carbocycles. The Bertz CT molecular complexity index is 546. The van der Waals surface area contributed by atoms with Crippen LogP contribution in [0, 0.1) is 0 Å². The minimum absolute atomic E-state index is 0.465. The number of nitrogens with two attached hydrogens (primary N) is 1. The van der Waals surface area contributed by atoms with Crippen molar-refractivity contribution in [1.82, 2.24) is 10.2 Å². The molecule has 2 N–H and O–H groups in total. The van der Waals surface area contributed by atoms with Gasteiger partial charge in [-0.15, -0.1) is 10.2 Å². The predicted molar refractivity (Wildman–Crippen MR) is 62.7 cm³/mol. The summed E-state index contributed by atoms with van der Waals surface area (Å²) in [5, 5.41) is 8.07. The molecule has 1 saturated carbocycles. The van der Waals surface area contributed by atoms with E-state index in [1.807, 2.05) is 6.07 Å². The van der Waals surface area contributed by atoms with Crippen LogP contribution >= 0.6 is 0 Å². The quantitative estimate of drug-likeness (QED) is 0.820. The monoisotopic (exact) mass is 231 g/mol. The number of anilines is 1. The molecular weight excluding hydrogens is 218 g/mol. The Hall–Kier alpha value is -2.04. The zero-order valence-electron chi connectivity index (χ0n) is 9.51. The van der Waals surface area contributed by atoms with Crippen LogP contribution in [-0.2, 0) is 0 Å². The maximum atomic E-state index is 5.83. The van der Waals surface area contributed by atoms with Crippen molar-refractivity contribution >= 4 is 5.69 Å². The van der Waals surface area contributed by atoms with Crippen LogP contribution in [0.15, 0.2) is 22.6 Å². The number of nitrogen functional groups attached to an aromatic ring is 1. The Balaban J connectivity index is 1.93. The van der Waals surface area contributed by atoms with E-state index in [9.17, 15) is 0 Å². The summed E-state index contributed by atoms with van der Waals surface area (Å²) in [6.07, 6.45) is 2.29. The number of benzene rings is 1. The van der Waals surface area contributed by atoms with E-state index < -0.39 is 0 Å². The Morgan fingerprint density at radius 1 is 1.35 bits per heavy atom. The van der Waals surface area contributed by atoms with Crippen LogP contribution in [0.4, 0.5) is 5.69 Å². The maximum absolute atomic E-state index is 5.83. The molecule has 3 rings (SSSR count). The molecule has 1 aliphatic rings. The lowest BCUT2D eigenvalue weighted by Crippen LogP contribution is -1.92. The number of hydrogen-bond acceptors (Lipinski definition) is 5. The van der Waals surface area contributed by atoms with Gasteiger partial charge in [-0.2, -0.15) is 0 Å². The molecule has 17 heavy (non-hydrogen) atoms. The summed E-state index contributed by atoms with van der Waals surface area (Å²) >= 11 is 0. The van der Waals surface area contributed by atoms with Gasteiger partial charge in [-0.1, -0.05) is 0 Å². The second-order valence-corrected chi connectivity index (χ2v) is 4.18. The van der Waals surface area contributed by atoms with Gasteiger partial charge < -0.3 is 14.9 Å². The van der Waals surface area contributed by atoms with Gasteiger partial charge in [-0.05, 0) is 31.0 Å². The third-order valence-corrected chi connectivity index (χ3v) is 2.84. The summed E-state index contributed by atoms with van der Waals surface area (Å²) in [4.78, 5) is 0. The van der Waals surface area contributed by atoms with Crippen LogP contribution in [0.5, 0.6) is 5.75 Å². The molecule has 2 aromatic rings. The SMILES string of the molecule is COc1ccc(-c2nnc(C3CC3)o2)cc1N. The van der Waals surface area contributed by atoms with Gasteiger partial charge >= 0.3 is 0 Å². The highest BCUT2D eigenvalue weighted by Gasteiger charge is 2.29. The molecule has 1 fully saturated rings. The fraction of sp³-hybridized carbons (Fsp3) is 0.333. The molecule has 0 amide bonds. The highest BCUT2D eigenvalue weighted by Crippen LogP contribution is 2.40. The van der Waals surface area contributed by atoms with Crippen molar-refractivity contribution in [2.45, 2.75) is 18.8 Å². The minimum Gasteiger partial charge on any atom is -0.495 e. The van der Waals surface area contributed by atoms with Crippen LogP contribution < -0.4 is 10.5 Å². The van der Waals surface area contributed by atoms with Crippen molar-refractivity contribution in [2.75, 3.05) is 12.8 Å². The zero-order chi connectivity index (χ0) is 11.8. The molecule has 5 heteroatoms. The van der Waals surface area contributed by atoms with Gasteiger partial charge in [0.25, 0.3) is 0 Å². The van der Waals surface area contributed by atoms with E-state index in [0.29, 0.717) is 23.2 Å². The molecule has 88 valence electrons. The van der Waals surface area contributed by atoms with E-state index in [2.05, 4.69) is 10.2 Å². The number of aromatic nitrogens is 2. The van der Waals surface area contributed by atoms with Gasteiger partial charge in [0.1, 0.15) is 5.75 Å². The Morgan fingerprint density at radius 3 is 2.82 bits per heavy atom. The zero-order valence-corrected chi connectivity index (χ0v) is 9.51. The highest BCUT2D eigenvalue weighted by atomic mass is 16.5. The third-order valence-electron chi connectivity index (χ3n) is 2.84. The summed E-state index contributed by atoms with van der Waals surface area (Å²) < 4.78 is 10.7. The van der Waals surface area contributed by atoms with Crippen LogP contribution in [0.2, 0.25) is 0 Å². The van der Waals surface area contributed by atoms with E-state index in [4.69, 9.17) is 14.9 Å². The van der Waals surface area contributed by atoms with Crippen molar-refractivity contribution in [3.63, 3.8) is 0 Å². The first-order chi connectivity index (χ1) is 8.28. The largest absolute Gasteiger partial charge is 0.495 e. The van der Waals surface area contributed by atoms with E-state index in [1.54, 1.807) is 19.2 Å². The average Bonchev–Trinajstić information content (AvgIpc) is 3.07. The number of ether oxygens (including phenoxy) is 1. The van der Waals surface area contributed by atoms with E-state index in [0.717, 1.165) is 24.3 Å². The van der Waals surface area contributed by atoms with Crippen molar-refractivity contribution in [1.29, 1.82) is 0 Å². The van der Waals surface area contributed by atoms with Gasteiger partial charge in [0.05, 0.1) is 12.8 Å². The molecule has 1 aromatic heterocycles. The lowest BCUT2D eigenvalue weighted by Gasteiger charge is -2.04. The molecule has 0 aliphatic heterocycles. The topological polar surface area (TPSA) is 74.2 Å². The van der Waals surface area contributed by atoms with Crippen LogP contribution in [-0.4, -0.2) is 17.3 Å². The molecule has 5 nitrogen and oxygen atoms in total. The smallest absolute Gasteiger partial charge is 0.247 e. The van der Waals surface area contributed by atoms with Gasteiger partial charge in [-0.3, -0.25) is 0 Å². The van der Waals surface area contributed by atoms with Crippen molar-refractivity contribution in [2.24, 2.45) is 0 Å². The van der Waals surface area contributed by atoms with Crippen LogP contribution in [0.25, 0.3) is 11.5 Å². The molecule has 1 heterocycles. The van der Waals surface area contributed by atoms with Gasteiger partial charge in [-0.25, -0.2) is 0 Å². The highest BCUT2D eigenvalue weighted by molar-refractivity contribution is 5.65. The molecule has 0 unspecified atom stereocenters. The predicted octanol–water partition coefficient (Wildman–Crippen LogP) is 2.20. The lowest BCUT2D eigenvalue weighted by atomic mass is 10.2. The standard InChI is InChI=1S/C12H13N3O2/c1-16-10-5-4-8(6-9(10)13)12-15-14-11(17-12)7-2-3-7/h4-7H,2-3,13H2,1H3. The molecule has 0 saturated heterocycles. The van der Waals surface area contributed by atoms with E-state index in [-0.39, 0.29) is 0 Å². The Labute approximate surface area is 98.6 Å².